The Morgan fingerprint density at radius 1 is 1.18 bits per heavy atom. The molecule has 1 aromatic rings. The topological polar surface area (TPSA) is 125 Å². The van der Waals surface area contributed by atoms with Gasteiger partial charge in [0, 0.05) is 39.5 Å². The minimum atomic E-state index is -0.696. The summed E-state index contributed by atoms with van der Waals surface area (Å²) in [5.41, 5.74) is -0.427. The molecule has 0 bridgehead atoms. The summed E-state index contributed by atoms with van der Waals surface area (Å²) in [4.78, 5) is 58.4. The Bertz CT molecular complexity index is 978. The molecule has 0 unspecified atom stereocenters. The van der Waals surface area contributed by atoms with E-state index in [2.05, 4.69) is 15.6 Å². The summed E-state index contributed by atoms with van der Waals surface area (Å²) in [6.07, 6.45) is 9.15. The van der Waals surface area contributed by atoms with Gasteiger partial charge in [-0.15, -0.1) is 0 Å². The lowest BCUT2D eigenvalue weighted by Gasteiger charge is -2.42. The van der Waals surface area contributed by atoms with Gasteiger partial charge in [0.05, 0.1) is 18.0 Å². The quantitative estimate of drug-likeness (QED) is 0.593. The number of allylic oxidation sites excluding steroid dienone is 1. The van der Waals surface area contributed by atoms with Crippen molar-refractivity contribution in [2.24, 2.45) is 5.41 Å². The summed E-state index contributed by atoms with van der Waals surface area (Å²) >= 11 is 0. The Kier molecular flexibility index (Phi) is 7.04. The number of carbonyl (C=O) groups is 4. The number of aromatic nitrogens is 1. The fraction of sp³-hybridized carbons (Fsp3) is 0.625. The predicted octanol–water partition coefficient (Wildman–Crippen LogP) is 1.17. The number of hydrogen-bond donors (Lipinski definition) is 2. The number of nitrogens with one attached hydrogen (secondary N) is 2. The summed E-state index contributed by atoms with van der Waals surface area (Å²) in [6.45, 7) is 4.67. The number of aryl methyl sites for hydroxylation is 1. The number of carbonyl (C=O) groups excluding carboxylic acids is 4. The average Bonchev–Trinajstić information content (AvgIpc) is 3.26. The van der Waals surface area contributed by atoms with Gasteiger partial charge >= 0.3 is 0 Å². The molecule has 2 N–H and O–H groups in total. The highest BCUT2D eigenvalue weighted by Crippen LogP contribution is 2.36. The molecule has 4 rings (SSSR count). The van der Waals surface area contributed by atoms with Crippen LogP contribution in [0.4, 0.5) is 0 Å². The van der Waals surface area contributed by atoms with Crippen LogP contribution in [-0.4, -0.2) is 76.7 Å². The summed E-state index contributed by atoms with van der Waals surface area (Å²) in [5, 5.41) is 5.85. The Balaban J connectivity index is 1.48. The van der Waals surface area contributed by atoms with Gasteiger partial charge in [0.25, 0.3) is 5.91 Å². The van der Waals surface area contributed by atoms with Crippen molar-refractivity contribution in [3.63, 3.8) is 0 Å². The molecule has 3 aliphatic heterocycles. The molecule has 34 heavy (non-hydrogen) atoms. The highest BCUT2D eigenvalue weighted by molar-refractivity contribution is 5.92. The minimum Gasteiger partial charge on any atom is -0.448 e. The van der Waals surface area contributed by atoms with E-state index in [1.807, 2.05) is 17.1 Å². The number of fused-ring (bicyclic) bond motifs is 1. The van der Waals surface area contributed by atoms with E-state index < -0.39 is 5.41 Å². The van der Waals surface area contributed by atoms with E-state index in [1.165, 1.54) is 6.26 Å². The van der Waals surface area contributed by atoms with Crippen LogP contribution in [-0.2, 0) is 14.4 Å². The molecule has 4 amide bonds. The van der Waals surface area contributed by atoms with Crippen molar-refractivity contribution in [2.75, 3.05) is 26.2 Å². The third-order valence-electron chi connectivity index (χ3n) is 7.32. The van der Waals surface area contributed by atoms with Gasteiger partial charge in [0.2, 0.25) is 17.7 Å². The molecule has 2 atom stereocenters. The van der Waals surface area contributed by atoms with Gasteiger partial charge in [0.1, 0.15) is 6.26 Å². The van der Waals surface area contributed by atoms with Crippen molar-refractivity contribution in [1.82, 2.24) is 25.4 Å². The highest BCUT2D eigenvalue weighted by atomic mass is 16.3. The molecule has 2 fully saturated rings. The Morgan fingerprint density at radius 3 is 2.62 bits per heavy atom. The van der Waals surface area contributed by atoms with Crippen molar-refractivity contribution in [1.29, 1.82) is 0 Å². The van der Waals surface area contributed by atoms with Gasteiger partial charge < -0.3 is 24.9 Å². The SMILES string of the molecule is CC(=O)N1CCC[C@H]2NC(=O)CNC(=O)C3(C/C=C/C[C@H]21)CCN(C(=O)c1coc(C)n1)CC3. The standard InChI is InChI=1S/C24H33N5O5/c1-16-26-19(15-34-16)22(32)28-12-9-24(10-13-28)8-4-3-7-20-18(6-5-11-29(20)17(2)30)27-21(31)14-25-23(24)33/h3-4,15,18,20H,5-14H2,1-2H3,(H,25,33)(H,27,31)/b4-3+/t18-,20-/m1/s1. The fourth-order valence-electron chi connectivity index (χ4n) is 5.34. The highest BCUT2D eigenvalue weighted by Gasteiger charge is 2.42. The first kappa shape index (κ1) is 24.0. The number of likely N-dealkylation sites (tertiary alicyclic amines) is 2. The maximum atomic E-state index is 13.2. The normalized spacial score (nSPS) is 26.5. The van der Waals surface area contributed by atoms with Crippen LogP contribution in [0.25, 0.3) is 0 Å². The zero-order valence-electron chi connectivity index (χ0n) is 19.8. The maximum Gasteiger partial charge on any atom is 0.275 e. The molecule has 3 aliphatic rings. The van der Waals surface area contributed by atoms with Gasteiger partial charge in [-0.05, 0) is 38.5 Å². The smallest absolute Gasteiger partial charge is 0.275 e. The van der Waals surface area contributed by atoms with Gasteiger partial charge in [0.15, 0.2) is 11.6 Å². The van der Waals surface area contributed by atoms with E-state index >= 15 is 0 Å². The number of piperidine rings is 2. The van der Waals surface area contributed by atoms with Crippen LogP contribution in [0.5, 0.6) is 0 Å². The molecular weight excluding hydrogens is 438 g/mol. The second-order valence-electron chi connectivity index (χ2n) is 9.51. The Labute approximate surface area is 199 Å². The van der Waals surface area contributed by atoms with E-state index in [4.69, 9.17) is 4.42 Å². The van der Waals surface area contributed by atoms with Crippen LogP contribution in [0.2, 0.25) is 0 Å². The summed E-state index contributed by atoms with van der Waals surface area (Å²) < 4.78 is 5.16. The molecule has 0 radical (unpaired) electrons. The maximum absolute atomic E-state index is 13.2. The van der Waals surface area contributed by atoms with Crippen LogP contribution < -0.4 is 10.6 Å². The van der Waals surface area contributed by atoms with E-state index in [9.17, 15) is 19.2 Å². The first-order valence-electron chi connectivity index (χ1n) is 12.0. The Morgan fingerprint density at radius 2 is 1.94 bits per heavy atom. The molecule has 0 saturated carbocycles. The lowest BCUT2D eigenvalue weighted by Crippen LogP contribution is -2.58. The molecule has 0 aliphatic carbocycles. The molecule has 184 valence electrons. The fourth-order valence-corrected chi connectivity index (χ4v) is 5.34. The van der Waals surface area contributed by atoms with E-state index in [0.29, 0.717) is 51.2 Å². The second-order valence-corrected chi connectivity index (χ2v) is 9.51. The van der Waals surface area contributed by atoms with Crippen molar-refractivity contribution < 1.29 is 23.6 Å². The monoisotopic (exact) mass is 471 g/mol. The number of amides is 4. The third-order valence-corrected chi connectivity index (χ3v) is 7.32. The van der Waals surface area contributed by atoms with E-state index in [-0.39, 0.29) is 48.0 Å². The molecule has 1 spiro atoms. The number of nitrogens with zero attached hydrogens (tertiary/aromatic N) is 3. The van der Waals surface area contributed by atoms with Crippen molar-refractivity contribution >= 4 is 23.6 Å². The van der Waals surface area contributed by atoms with Crippen LogP contribution in [0.1, 0.15) is 61.8 Å². The molecule has 2 saturated heterocycles. The van der Waals surface area contributed by atoms with E-state index in [1.54, 1.807) is 18.7 Å². The molecular formula is C24H33N5O5. The van der Waals surface area contributed by atoms with Crippen LogP contribution in [0, 0.1) is 12.3 Å². The van der Waals surface area contributed by atoms with Gasteiger partial charge in [-0.1, -0.05) is 12.2 Å². The number of oxazole rings is 1. The summed E-state index contributed by atoms with van der Waals surface area (Å²) in [7, 11) is 0. The second kappa shape index (κ2) is 9.99. The first-order valence-corrected chi connectivity index (χ1v) is 12.0. The minimum absolute atomic E-state index is 0.00793. The van der Waals surface area contributed by atoms with Crippen molar-refractivity contribution in [2.45, 2.75) is 64.5 Å². The van der Waals surface area contributed by atoms with Gasteiger partial charge in [-0.2, -0.15) is 0 Å². The largest absolute Gasteiger partial charge is 0.448 e. The third kappa shape index (κ3) is 5.00. The summed E-state index contributed by atoms with van der Waals surface area (Å²) in [5.74, 6) is -0.177. The molecule has 1 aromatic heterocycles. The van der Waals surface area contributed by atoms with E-state index in [0.717, 1.165) is 12.8 Å². The lowest BCUT2D eigenvalue weighted by atomic mass is 9.74. The molecule has 10 heteroatoms. The van der Waals surface area contributed by atoms with Crippen molar-refractivity contribution in [3.05, 3.63) is 30.0 Å². The van der Waals surface area contributed by atoms with Gasteiger partial charge in [-0.3, -0.25) is 19.2 Å². The number of rotatable bonds is 1. The summed E-state index contributed by atoms with van der Waals surface area (Å²) in [6, 6.07) is -0.225. The predicted molar refractivity (Wildman–Crippen MR) is 123 cm³/mol. The van der Waals surface area contributed by atoms with Crippen LogP contribution in [0.15, 0.2) is 22.8 Å². The molecule has 4 heterocycles. The van der Waals surface area contributed by atoms with Crippen LogP contribution in [0.3, 0.4) is 0 Å². The molecule has 10 nitrogen and oxygen atoms in total. The average molecular weight is 472 g/mol. The molecule has 0 aromatic carbocycles. The van der Waals surface area contributed by atoms with Crippen LogP contribution >= 0.6 is 0 Å². The number of hydrogen-bond acceptors (Lipinski definition) is 6. The Hall–Kier alpha value is -3.17. The zero-order valence-corrected chi connectivity index (χ0v) is 19.8. The lowest BCUT2D eigenvalue weighted by molar-refractivity contribution is -0.136. The zero-order chi connectivity index (χ0) is 24.3. The van der Waals surface area contributed by atoms with Gasteiger partial charge in [-0.25, -0.2) is 4.98 Å². The van der Waals surface area contributed by atoms with Crippen molar-refractivity contribution in [3.8, 4) is 0 Å². The first-order chi connectivity index (χ1) is 16.3.